The van der Waals surface area contributed by atoms with Crippen LogP contribution in [0.2, 0.25) is 0 Å². The number of benzene rings is 1. The summed E-state index contributed by atoms with van der Waals surface area (Å²) in [6.07, 6.45) is 1.73. The summed E-state index contributed by atoms with van der Waals surface area (Å²) in [4.78, 5) is 13.5. The fourth-order valence-electron chi connectivity index (χ4n) is 2.45. The minimum Gasteiger partial charge on any atom is -0.350 e. The minimum absolute atomic E-state index is 0.189. The maximum absolute atomic E-state index is 13.3. The molecule has 1 aromatic carbocycles. The summed E-state index contributed by atoms with van der Waals surface area (Å²) in [6, 6.07) is 12.1. The van der Waals surface area contributed by atoms with Crippen LogP contribution in [0.25, 0.3) is 11.4 Å². The van der Waals surface area contributed by atoms with Crippen LogP contribution in [0.15, 0.2) is 48.7 Å². The normalized spacial score (nSPS) is 11.3. The van der Waals surface area contributed by atoms with E-state index in [0.717, 1.165) is 16.9 Å². The number of halogens is 1. The van der Waals surface area contributed by atoms with Gasteiger partial charge >= 0.3 is 0 Å². The van der Waals surface area contributed by atoms with Crippen LogP contribution >= 0.6 is 0 Å². The summed E-state index contributed by atoms with van der Waals surface area (Å²) in [6.45, 7) is 7.98. The van der Waals surface area contributed by atoms with Crippen molar-refractivity contribution < 1.29 is 4.39 Å². The maximum atomic E-state index is 13.3. The Balaban J connectivity index is 2.01. The summed E-state index contributed by atoms with van der Waals surface area (Å²) < 4.78 is 13.3. The smallest absolute Gasteiger partial charge is 0.225 e. The van der Waals surface area contributed by atoms with Gasteiger partial charge in [0.2, 0.25) is 5.95 Å². The van der Waals surface area contributed by atoms with E-state index in [1.54, 1.807) is 12.3 Å². The van der Waals surface area contributed by atoms with Gasteiger partial charge in [-0.2, -0.15) is 4.98 Å². The first kappa shape index (κ1) is 17.8. The van der Waals surface area contributed by atoms with Gasteiger partial charge in [-0.05, 0) is 63.6 Å². The second-order valence-electron chi connectivity index (χ2n) is 7.14. The largest absolute Gasteiger partial charge is 0.350 e. The lowest BCUT2D eigenvalue weighted by molar-refractivity contribution is 0.625. The van der Waals surface area contributed by atoms with Gasteiger partial charge in [0.1, 0.15) is 11.6 Å². The molecule has 0 fully saturated rings. The van der Waals surface area contributed by atoms with Crippen molar-refractivity contribution in [2.75, 3.05) is 10.6 Å². The van der Waals surface area contributed by atoms with Crippen molar-refractivity contribution in [3.63, 3.8) is 0 Å². The van der Waals surface area contributed by atoms with E-state index in [1.165, 1.54) is 12.1 Å². The van der Waals surface area contributed by atoms with E-state index < -0.39 is 0 Å². The lowest BCUT2D eigenvalue weighted by atomic mass is 10.1. The molecule has 0 saturated heterocycles. The summed E-state index contributed by atoms with van der Waals surface area (Å²) in [5, 5.41) is 6.54. The molecule has 5 nitrogen and oxygen atoms in total. The number of aryl methyl sites for hydroxylation is 1. The molecule has 26 heavy (non-hydrogen) atoms. The van der Waals surface area contributed by atoms with E-state index >= 15 is 0 Å². The van der Waals surface area contributed by atoms with Crippen molar-refractivity contribution in [3.05, 3.63) is 60.0 Å². The Bertz CT molecular complexity index is 904. The fraction of sp³-hybridized carbons (Fsp3) is 0.250. The Labute approximate surface area is 152 Å². The zero-order chi connectivity index (χ0) is 18.7. The van der Waals surface area contributed by atoms with E-state index in [0.29, 0.717) is 17.5 Å². The summed E-state index contributed by atoms with van der Waals surface area (Å²) >= 11 is 0. The third-order valence-corrected chi connectivity index (χ3v) is 3.59. The molecular formula is C20H22FN5. The van der Waals surface area contributed by atoms with Crippen molar-refractivity contribution in [1.82, 2.24) is 15.0 Å². The molecular weight excluding hydrogens is 329 g/mol. The number of hydrogen-bond acceptors (Lipinski definition) is 5. The van der Waals surface area contributed by atoms with Crippen LogP contribution < -0.4 is 10.6 Å². The number of anilines is 3. The number of rotatable bonds is 4. The van der Waals surface area contributed by atoms with Crippen LogP contribution in [0.5, 0.6) is 0 Å². The number of nitrogens with one attached hydrogen (secondary N) is 2. The van der Waals surface area contributed by atoms with Crippen molar-refractivity contribution in [2.24, 2.45) is 0 Å². The second kappa shape index (κ2) is 7.07. The standard InChI is InChI=1S/C20H22FN5/c1-13-11-14(21)8-9-15(13)23-18-12-17(16-7-5-6-10-22-16)24-19(25-18)26-20(2,3)4/h5-12H,1-4H3,(H2,23,24,25,26). The Morgan fingerprint density at radius 2 is 1.77 bits per heavy atom. The Morgan fingerprint density at radius 1 is 0.962 bits per heavy atom. The maximum Gasteiger partial charge on any atom is 0.225 e. The molecule has 0 bridgehead atoms. The van der Waals surface area contributed by atoms with Gasteiger partial charge in [-0.25, -0.2) is 9.37 Å². The molecule has 2 heterocycles. The van der Waals surface area contributed by atoms with Crippen LogP contribution in [0.3, 0.4) is 0 Å². The van der Waals surface area contributed by atoms with Gasteiger partial charge in [0.15, 0.2) is 0 Å². The van der Waals surface area contributed by atoms with E-state index in [1.807, 2.05) is 52.0 Å². The van der Waals surface area contributed by atoms with E-state index in [9.17, 15) is 4.39 Å². The molecule has 0 spiro atoms. The lowest BCUT2D eigenvalue weighted by Crippen LogP contribution is -2.27. The first-order valence-electron chi connectivity index (χ1n) is 8.42. The summed E-state index contributed by atoms with van der Waals surface area (Å²) in [5.74, 6) is 0.852. The zero-order valence-electron chi connectivity index (χ0n) is 15.3. The number of nitrogens with zero attached hydrogens (tertiary/aromatic N) is 3. The van der Waals surface area contributed by atoms with Gasteiger partial charge in [0.25, 0.3) is 0 Å². The molecule has 2 aromatic heterocycles. The third-order valence-electron chi connectivity index (χ3n) is 3.59. The number of hydrogen-bond donors (Lipinski definition) is 2. The van der Waals surface area contributed by atoms with Gasteiger partial charge < -0.3 is 10.6 Å². The van der Waals surface area contributed by atoms with E-state index in [-0.39, 0.29) is 11.4 Å². The highest BCUT2D eigenvalue weighted by Crippen LogP contribution is 2.25. The third kappa shape index (κ3) is 4.53. The molecule has 0 saturated carbocycles. The molecule has 0 radical (unpaired) electrons. The molecule has 134 valence electrons. The Kier molecular flexibility index (Phi) is 4.84. The molecule has 3 aromatic rings. The molecule has 3 rings (SSSR count). The van der Waals surface area contributed by atoms with Gasteiger partial charge in [0.05, 0.1) is 11.4 Å². The molecule has 0 aliphatic carbocycles. The van der Waals surface area contributed by atoms with Crippen molar-refractivity contribution >= 4 is 17.5 Å². The molecule has 6 heteroatoms. The first-order valence-corrected chi connectivity index (χ1v) is 8.42. The highest BCUT2D eigenvalue weighted by Gasteiger charge is 2.14. The highest BCUT2D eigenvalue weighted by molar-refractivity contribution is 5.66. The van der Waals surface area contributed by atoms with Crippen molar-refractivity contribution in [1.29, 1.82) is 0 Å². The lowest BCUT2D eigenvalue weighted by Gasteiger charge is -2.21. The predicted octanol–water partition coefficient (Wildman–Crippen LogP) is 4.94. The van der Waals surface area contributed by atoms with Crippen molar-refractivity contribution in [3.8, 4) is 11.4 Å². The van der Waals surface area contributed by atoms with Gasteiger partial charge in [0, 0.05) is 23.5 Å². The average Bonchev–Trinajstić information content (AvgIpc) is 2.56. The van der Waals surface area contributed by atoms with Crippen LogP contribution in [-0.4, -0.2) is 20.5 Å². The predicted molar refractivity (Wildman–Crippen MR) is 103 cm³/mol. The molecule has 0 atom stereocenters. The summed E-state index contributed by atoms with van der Waals surface area (Å²) in [7, 11) is 0. The van der Waals surface area contributed by atoms with E-state index in [2.05, 4.69) is 25.6 Å². The van der Waals surface area contributed by atoms with Crippen LogP contribution in [-0.2, 0) is 0 Å². The quantitative estimate of drug-likeness (QED) is 0.697. The van der Waals surface area contributed by atoms with Gasteiger partial charge in [-0.15, -0.1) is 0 Å². The van der Waals surface area contributed by atoms with Crippen LogP contribution in [0.1, 0.15) is 26.3 Å². The van der Waals surface area contributed by atoms with Gasteiger partial charge in [-0.1, -0.05) is 6.07 Å². The average molecular weight is 351 g/mol. The number of aromatic nitrogens is 3. The van der Waals surface area contributed by atoms with Crippen LogP contribution in [0.4, 0.5) is 21.8 Å². The van der Waals surface area contributed by atoms with Crippen molar-refractivity contribution in [2.45, 2.75) is 33.2 Å². The molecule has 0 unspecified atom stereocenters. The Morgan fingerprint density at radius 3 is 2.42 bits per heavy atom. The molecule has 0 aliphatic rings. The fourth-order valence-corrected chi connectivity index (χ4v) is 2.45. The van der Waals surface area contributed by atoms with Crippen LogP contribution in [0, 0.1) is 12.7 Å². The first-order chi connectivity index (χ1) is 12.3. The Hall–Kier alpha value is -3.02. The van der Waals surface area contributed by atoms with E-state index in [4.69, 9.17) is 0 Å². The highest BCUT2D eigenvalue weighted by atomic mass is 19.1. The zero-order valence-corrected chi connectivity index (χ0v) is 15.3. The SMILES string of the molecule is Cc1cc(F)ccc1Nc1cc(-c2ccccn2)nc(NC(C)(C)C)n1. The monoisotopic (exact) mass is 351 g/mol. The summed E-state index contributed by atoms with van der Waals surface area (Å²) in [5.41, 5.74) is 2.86. The molecule has 0 aliphatic heterocycles. The second-order valence-corrected chi connectivity index (χ2v) is 7.14. The molecule has 2 N–H and O–H groups in total. The molecule has 0 amide bonds. The topological polar surface area (TPSA) is 62.7 Å². The number of pyridine rings is 1. The minimum atomic E-state index is -0.264. The van der Waals surface area contributed by atoms with Gasteiger partial charge in [-0.3, -0.25) is 4.98 Å².